The van der Waals surface area contributed by atoms with Gasteiger partial charge >= 0.3 is 0 Å². The molecule has 0 radical (unpaired) electrons. The first-order chi connectivity index (χ1) is 7.89. The van der Waals surface area contributed by atoms with Gasteiger partial charge in [-0.05, 0) is 37.0 Å². The largest absolute Gasteiger partial charge is 0.330 e. The highest BCUT2D eigenvalue weighted by molar-refractivity contribution is 7.90. The van der Waals surface area contributed by atoms with Crippen LogP contribution in [-0.4, -0.2) is 21.2 Å². The number of aryl methyl sites for hydroxylation is 1. The smallest absolute Gasteiger partial charge is 0.175 e. The van der Waals surface area contributed by atoms with Crippen molar-refractivity contribution in [3.63, 3.8) is 0 Å². The molecule has 0 aromatic heterocycles. The Labute approximate surface area is 103 Å². The third kappa shape index (κ3) is 2.11. The molecular formula is C13H19NO2S. The van der Waals surface area contributed by atoms with Crippen LogP contribution in [0.5, 0.6) is 0 Å². The molecule has 2 N–H and O–H groups in total. The number of hydrogen-bond donors (Lipinski definition) is 1. The van der Waals surface area contributed by atoms with E-state index < -0.39 is 9.84 Å². The first-order valence-corrected chi connectivity index (χ1v) is 7.79. The third-order valence-corrected chi connectivity index (χ3v) is 5.14. The summed E-state index contributed by atoms with van der Waals surface area (Å²) in [5, 5.41) is 0. The monoisotopic (exact) mass is 253 g/mol. The van der Waals surface area contributed by atoms with Crippen LogP contribution in [-0.2, 0) is 15.3 Å². The number of sulfone groups is 1. The van der Waals surface area contributed by atoms with E-state index in [9.17, 15) is 8.42 Å². The van der Waals surface area contributed by atoms with Gasteiger partial charge in [0, 0.05) is 18.2 Å². The molecule has 1 aromatic carbocycles. The van der Waals surface area contributed by atoms with E-state index in [0.717, 1.165) is 24.0 Å². The SMILES string of the molecule is Cc1ccc(C2(CN)CCC2)cc1S(C)(=O)=O. The second kappa shape index (κ2) is 4.10. The van der Waals surface area contributed by atoms with Gasteiger partial charge < -0.3 is 5.73 Å². The zero-order valence-electron chi connectivity index (χ0n) is 10.4. The minimum absolute atomic E-state index is 0.0210. The Morgan fingerprint density at radius 3 is 2.41 bits per heavy atom. The topological polar surface area (TPSA) is 60.2 Å². The summed E-state index contributed by atoms with van der Waals surface area (Å²) < 4.78 is 23.4. The highest BCUT2D eigenvalue weighted by atomic mass is 32.2. The molecule has 1 aromatic rings. The fourth-order valence-corrected chi connectivity index (χ4v) is 3.54. The lowest BCUT2D eigenvalue weighted by atomic mass is 9.64. The van der Waals surface area contributed by atoms with Gasteiger partial charge in [0.05, 0.1) is 4.90 Å². The molecule has 0 amide bonds. The Balaban J connectivity index is 2.52. The van der Waals surface area contributed by atoms with Crippen molar-refractivity contribution >= 4 is 9.84 Å². The van der Waals surface area contributed by atoms with Gasteiger partial charge in [0.25, 0.3) is 0 Å². The van der Waals surface area contributed by atoms with Crippen molar-refractivity contribution in [2.75, 3.05) is 12.8 Å². The highest BCUT2D eigenvalue weighted by Gasteiger charge is 2.37. The first kappa shape index (κ1) is 12.6. The van der Waals surface area contributed by atoms with E-state index in [1.54, 1.807) is 0 Å². The molecule has 0 unspecified atom stereocenters. The van der Waals surface area contributed by atoms with E-state index >= 15 is 0 Å². The summed E-state index contributed by atoms with van der Waals surface area (Å²) in [6.07, 6.45) is 4.57. The van der Waals surface area contributed by atoms with Gasteiger partial charge in [-0.2, -0.15) is 0 Å². The summed E-state index contributed by atoms with van der Waals surface area (Å²) in [5.41, 5.74) is 7.76. The van der Waals surface area contributed by atoms with Crippen LogP contribution in [0.15, 0.2) is 23.1 Å². The van der Waals surface area contributed by atoms with Crippen molar-refractivity contribution in [1.29, 1.82) is 0 Å². The molecule has 1 fully saturated rings. The van der Waals surface area contributed by atoms with E-state index in [-0.39, 0.29) is 5.41 Å². The lowest BCUT2D eigenvalue weighted by Gasteiger charge is -2.41. The molecule has 0 bridgehead atoms. The number of nitrogens with two attached hydrogens (primary N) is 1. The predicted molar refractivity (Wildman–Crippen MR) is 68.9 cm³/mol. The molecule has 0 atom stereocenters. The van der Waals surface area contributed by atoms with Crippen LogP contribution in [0.2, 0.25) is 0 Å². The van der Waals surface area contributed by atoms with Crippen LogP contribution >= 0.6 is 0 Å². The average molecular weight is 253 g/mol. The van der Waals surface area contributed by atoms with Crippen molar-refractivity contribution in [3.8, 4) is 0 Å². The van der Waals surface area contributed by atoms with Gasteiger partial charge in [-0.1, -0.05) is 18.6 Å². The minimum atomic E-state index is -3.15. The Kier molecular flexibility index (Phi) is 3.04. The van der Waals surface area contributed by atoms with Crippen LogP contribution in [0.25, 0.3) is 0 Å². The molecule has 4 heteroatoms. The Morgan fingerprint density at radius 1 is 1.35 bits per heavy atom. The summed E-state index contributed by atoms with van der Waals surface area (Å²) in [4.78, 5) is 0.440. The van der Waals surface area contributed by atoms with E-state index in [2.05, 4.69) is 0 Å². The average Bonchev–Trinajstić information content (AvgIpc) is 2.17. The normalized spacial score (nSPS) is 18.8. The molecule has 17 heavy (non-hydrogen) atoms. The van der Waals surface area contributed by atoms with Crippen LogP contribution in [0, 0.1) is 6.92 Å². The highest BCUT2D eigenvalue weighted by Crippen LogP contribution is 2.43. The van der Waals surface area contributed by atoms with E-state index in [1.165, 1.54) is 12.7 Å². The Hall–Kier alpha value is -0.870. The lowest BCUT2D eigenvalue weighted by Crippen LogP contribution is -2.41. The predicted octanol–water partition coefficient (Wildman–Crippen LogP) is 1.78. The van der Waals surface area contributed by atoms with E-state index in [1.807, 2.05) is 25.1 Å². The molecule has 0 heterocycles. The molecule has 0 aliphatic heterocycles. The zero-order valence-corrected chi connectivity index (χ0v) is 11.2. The van der Waals surface area contributed by atoms with Gasteiger partial charge in [0.2, 0.25) is 0 Å². The second-order valence-corrected chi connectivity index (χ2v) is 7.07. The molecular weight excluding hydrogens is 234 g/mol. The lowest BCUT2D eigenvalue weighted by molar-refractivity contribution is 0.252. The molecule has 0 saturated heterocycles. The Bertz CT molecular complexity index is 525. The van der Waals surface area contributed by atoms with E-state index in [0.29, 0.717) is 11.4 Å². The molecule has 1 saturated carbocycles. The van der Waals surface area contributed by atoms with E-state index in [4.69, 9.17) is 5.73 Å². The maximum Gasteiger partial charge on any atom is 0.175 e. The number of benzene rings is 1. The van der Waals surface area contributed by atoms with Crippen molar-refractivity contribution in [2.24, 2.45) is 5.73 Å². The van der Waals surface area contributed by atoms with Crippen LogP contribution < -0.4 is 5.73 Å². The first-order valence-electron chi connectivity index (χ1n) is 5.90. The van der Waals surface area contributed by atoms with Crippen LogP contribution in [0.4, 0.5) is 0 Å². The fraction of sp³-hybridized carbons (Fsp3) is 0.538. The van der Waals surface area contributed by atoms with Crippen LogP contribution in [0.1, 0.15) is 30.4 Å². The molecule has 2 rings (SSSR count). The maximum absolute atomic E-state index is 11.7. The minimum Gasteiger partial charge on any atom is -0.330 e. The molecule has 3 nitrogen and oxygen atoms in total. The molecule has 94 valence electrons. The van der Waals surface area contributed by atoms with Crippen molar-refractivity contribution in [2.45, 2.75) is 36.5 Å². The maximum atomic E-state index is 11.7. The summed E-state index contributed by atoms with van der Waals surface area (Å²) in [6, 6.07) is 5.73. The van der Waals surface area contributed by atoms with Gasteiger partial charge in [-0.25, -0.2) is 8.42 Å². The zero-order chi connectivity index (χ0) is 12.7. The van der Waals surface area contributed by atoms with Gasteiger partial charge in [0.1, 0.15) is 0 Å². The van der Waals surface area contributed by atoms with Gasteiger partial charge in [0.15, 0.2) is 9.84 Å². The summed E-state index contributed by atoms with van der Waals surface area (Å²) in [7, 11) is -3.15. The Morgan fingerprint density at radius 2 is 2.00 bits per heavy atom. The van der Waals surface area contributed by atoms with Gasteiger partial charge in [-0.15, -0.1) is 0 Å². The quantitative estimate of drug-likeness (QED) is 0.893. The molecule has 0 spiro atoms. The number of hydrogen-bond acceptors (Lipinski definition) is 3. The summed E-state index contributed by atoms with van der Waals surface area (Å²) in [6.45, 7) is 2.43. The summed E-state index contributed by atoms with van der Waals surface area (Å²) >= 11 is 0. The fourth-order valence-electron chi connectivity index (χ4n) is 2.54. The number of rotatable bonds is 3. The van der Waals surface area contributed by atoms with Crippen molar-refractivity contribution in [1.82, 2.24) is 0 Å². The third-order valence-electron chi connectivity index (χ3n) is 3.90. The molecule has 1 aliphatic carbocycles. The summed E-state index contributed by atoms with van der Waals surface area (Å²) in [5.74, 6) is 0. The van der Waals surface area contributed by atoms with Crippen molar-refractivity contribution in [3.05, 3.63) is 29.3 Å². The molecule has 1 aliphatic rings. The van der Waals surface area contributed by atoms with Gasteiger partial charge in [-0.3, -0.25) is 0 Å². The standard InChI is InChI=1S/C13H19NO2S/c1-10-4-5-11(8-12(10)17(2,15)16)13(9-14)6-3-7-13/h4-5,8H,3,6-7,9,14H2,1-2H3. The van der Waals surface area contributed by atoms with Crippen molar-refractivity contribution < 1.29 is 8.42 Å². The van der Waals surface area contributed by atoms with Crippen LogP contribution in [0.3, 0.4) is 0 Å². The second-order valence-electron chi connectivity index (χ2n) is 5.09.